The monoisotopic (exact) mass is 410 g/mol. The minimum absolute atomic E-state index is 0.129. The van der Waals surface area contributed by atoms with E-state index in [0.29, 0.717) is 23.7 Å². The summed E-state index contributed by atoms with van der Waals surface area (Å²) in [4.78, 5) is 4.79. The van der Waals surface area contributed by atoms with Gasteiger partial charge in [0.1, 0.15) is 11.4 Å². The molecule has 30 heavy (non-hydrogen) atoms. The fourth-order valence-corrected chi connectivity index (χ4v) is 5.04. The number of morpholine rings is 1. The number of likely N-dealkylation sites (tertiary alicyclic amines) is 1. The van der Waals surface area contributed by atoms with Gasteiger partial charge in [0.15, 0.2) is 5.82 Å². The average Bonchev–Trinajstić information content (AvgIpc) is 2.74. The second kappa shape index (κ2) is 8.02. The number of piperidine rings is 1. The summed E-state index contributed by atoms with van der Waals surface area (Å²) in [5.41, 5.74) is 8.22. The van der Waals surface area contributed by atoms with E-state index in [-0.39, 0.29) is 11.4 Å². The normalized spacial score (nSPS) is 22.2. The van der Waals surface area contributed by atoms with Crippen LogP contribution in [0.25, 0.3) is 11.3 Å². The van der Waals surface area contributed by atoms with Gasteiger partial charge in [-0.15, -0.1) is 10.2 Å². The Labute approximate surface area is 177 Å². The molecule has 8 nitrogen and oxygen atoms in total. The van der Waals surface area contributed by atoms with E-state index < -0.39 is 0 Å². The van der Waals surface area contributed by atoms with E-state index in [4.69, 9.17) is 10.5 Å². The lowest BCUT2D eigenvalue weighted by atomic mass is 9.88. The smallest absolute Gasteiger partial charge is 0.169 e. The molecule has 3 saturated heterocycles. The average molecular weight is 411 g/mol. The van der Waals surface area contributed by atoms with Crippen LogP contribution in [0, 0.1) is 5.92 Å². The maximum Gasteiger partial charge on any atom is 0.169 e. The van der Waals surface area contributed by atoms with Crippen LogP contribution in [0.5, 0.6) is 5.75 Å². The minimum atomic E-state index is -0.129. The Bertz CT molecular complexity index is 895. The first-order chi connectivity index (χ1) is 14.6. The van der Waals surface area contributed by atoms with Gasteiger partial charge in [0.05, 0.1) is 18.0 Å². The molecule has 4 N–H and O–H groups in total. The first-order valence-electron chi connectivity index (χ1n) is 10.9. The number of nitrogens with one attached hydrogen (secondary N) is 1. The molecule has 1 aromatic heterocycles. The molecular formula is C22H30N6O2. The molecule has 2 aromatic rings. The molecule has 3 fully saturated rings. The van der Waals surface area contributed by atoms with Crippen LogP contribution in [0.15, 0.2) is 30.3 Å². The van der Waals surface area contributed by atoms with Gasteiger partial charge in [0.2, 0.25) is 0 Å². The number of hydrogen-bond acceptors (Lipinski definition) is 8. The van der Waals surface area contributed by atoms with Crippen molar-refractivity contribution in [1.82, 2.24) is 20.4 Å². The third-order valence-electron chi connectivity index (χ3n) is 6.57. The van der Waals surface area contributed by atoms with Crippen molar-refractivity contribution in [2.75, 3.05) is 63.1 Å². The van der Waals surface area contributed by atoms with E-state index in [2.05, 4.69) is 25.3 Å². The number of anilines is 2. The Morgan fingerprint density at radius 3 is 2.77 bits per heavy atom. The van der Waals surface area contributed by atoms with Gasteiger partial charge >= 0.3 is 0 Å². The highest BCUT2D eigenvalue weighted by molar-refractivity contribution is 5.74. The largest absolute Gasteiger partial charge is 0.507 e. The number of hydrogen-bond donors (Lipinski definition) is 3. The standard InChI is InChI=1S/C22H30N6O2/c23-21-19(11-18(25-26-21)17-3-1-2-4-20(17)29)28-9-10-30-22(15-28)13-27(14-22)12-16-5-7-24-8-6-16/h1-4,11,16,24,29H,5-10,12-15H2,(H2,23,26). The molecule has 1 spiro atoms. The first kappa shape index (κ1) is 19.5. The zero-order valence-corrected chi connectivity index (χ0v) is 17.3. The van der Waals surface area contributed by atoms with Gasteiger partial charge in [-0.3, -0.25) is 4.90 Å². The Morgan fingerprint density at radius 1 is 1.17 bits per heavy atom. The maximum absolute atomic E-state index is 10.2. The van der Waals surface area contributed by atoms with Crippen molar-refractivity contribution >= 4 is 11.5 Å². The number of nitrogens with zero attached hydrogens (tertiary/aromatic N) is 4. The van der Waals surface area contributed by atoms with Gasteiger partial charge < -0.3 is 25.8 Å². The van der Waals surface area contributed by atoms with Crippen molar-refractivity contribution in [3.8, 4) is 17.0 Å². The summed E-state index contributed by atoms with van der Waals surface area (Å²) >= 11 is 0. The number of ether oxygens (including phenoxy) is 1. The first-order valence-corrected chi connectivity index (χ1v) is 10.9. The van der Waals surface area contributed by atoms with Crippen LogP contribution in [-0.2, 0) is 4.74 Å². The van der Waals surface area contributed by atoms with E-state index in [1.807, 2.05) is 18.2 Å². The number of para-hydroxylation sites is 1. The van der Waals surface area contributed by atoms with E-state index in [1.165, 1.54) is 19.4 Å². The number of nitrogens with two attached hydrogens (primary N) is 1. The molecule has 0 atom stereocenters. The van der Waals surface area contributed by atoms with E-state index in [9.17, 15) is 5.11 Å². The molecule has 1 aromatic carbocycles. The third kappa shape index (κ3) is 3.82. The predicted molar refractivity (Wildman–Crippen MR) is 116 cm³/mol. The molecule has 0 unspecified atom stereocenters. The molecule has 5 rings (SSSR count). The summed E-state index contributed by atoms with van der Waals surface area (Å²) in [6.45, 7) is 7.63. The van der Waals surface area contributed by atoms with Gasteiger partial charge in [0.25, 0.3) is 0 Å². The fraction of sp³-hybridized carbons (Fsp3) is 0.545. The second-order valence-corrected chi connectivity index (χ2v) is 8.83. The van der Waals surface area contributed by atoms with E-state index in [0.717, 1.165) is 50.9 Å². The number of benzene rings is 1. The summed E-state index contributed by atoms with van der Waals surface area (Å²) < 4.78 is 6.23. The highest BCUT2D eigenvalue weighted by Crippen LogP contribution is 2.36. The number of phenols is 1. The van der Waals surface area contributed by atoms with Gasteiger partial charge in [0, 0.05) is 38.3 Å². The third-order valence-corrected chi connectivity index (χ3v) is 6.57. The van der Waals surface area contributed by atoms with Crippen molar-refractivity contribution in [3.05, 3.63) is 30.3 Å². The van der Waals surface area contributed by atoms with Crippen LogP contribution in [-0.4, -0.2) is 78.2 Å². The molecule has 160 valence electrons. The Kier molecular flexibility index (Phi) is 5.22. The number of phenolic OH excluding ortho intramolecular Hbond substituents is 1. The van der Waals surface area contributed by atoms with Crippen LogP contribution in [0.4, 0.5) is 11.5 Å². The Hall–Kier alpha value is -2.42. The van der Waals surface area contributed by atoms with Gasteiger partial charge in [-0.1, -0.05) is 12.1 Å². The number of aromatic hydroxyl groups is 1. The predicted octanol–water partition coefficient (Wildman–Crippen LogP) is 1.32. The van der Waals surface area contributed by atoms with Crippen LogP contribution in [0.3, 0.4) is 0 Å². The van der Waals surface area contributed by atoms with Crippen molar-refractivity contribution in [2.45, 2.75) is 18.4 Å². The summed E-state index contributed by atoms with van der Waals surface area (Å²) in [6.07, 6.45) is 2.54. The zero-order chi connectivity index (χ0) is 20.6. The summed E-state index contributed by atoms with van der Waals surface area (Å²) in [5.74, 6) is 1.40. The molecule has 3 aliphatic heterocycles. The highest BCUT2D eigenvalue weighted by Gasteiger charge is 2.47. The van der Waals surface area contributed by atoms with Crippen molar-refractivity contribution in [2.24, 2.45) is 5.92 Å². The van der Waals surface area contributed by atoms with Crippen molar-refractivity contribution in [1.29, 1.82) is 0 Å². The van der Waals surface area contributed by atoms with Gasteiger partial charge in [-0.25, -0.2) is 0 Å². The fourth-order valence-electron chi connectivity index (χ4n) is 5.04. The highest BCUT2D eigenvalue weighted by atomic mass is 16.5. The van der Waals surface area contributed by atoms with Crippen LogP contribution in [0.2, 0.25) is 0 Å². The lowest BCUT2D eigenvalue weighted by molar-refractivity contribution is -0.152. The van der Waals surface area contributed by atoms with Crippen molar-refractivity contribution in [3.63, 3.8) is 0 Å². The Balaban J connectivity index is 1.28. The van der Waals surface area contributed by atoms with Crippen molar-refractivity contribution < 1.29 is 9.84 Å². The maximum atomic E-state index is 10.2. The Morgan fingerprint density at radius 2 is 1.97 bits per heavy atom. The topological polar surface area (TPSA) is 99.8 Å². The number of rotatable bonds is 4. The number of nitrogen functional groups attached to an aromatic ring is 1. The van der Waals surface area contributed by atoms with E-state index in [1.54, 1.807) is 12.1 Å². The van der Waals surface area contributed by atoms with Gasteiger partial charge in [-0.05, 0) is 50.0 Å². The molecule has 0 radical (unpaired) electrons. The summed E-state index contributed by atoms with van der Waals surface area (Å²) in [5, 5.41) is 22.0. The molecular weight excluding hydrogens is 380 g/mol. The molecule has 0 bridgehead atoms. The van der Waals surface area contributed by atoms with Crippen LogP contribution in [0.1, 0.15) is 12.8 Å². The molecule has 4 heterocycles. The minimum Gasteiger partial charge on any atom is -0.507 e. The quantitative estimate of drug-likeness (QED) is 0.694. The second-order valence-electron chi connectivity index (χ2n) is 8.83. The van der Waals surface area contributed by atoms with Crippen LogP contribution >= 0.6 is 0 Å². The molecule has 3 aliphatic rings. The molecule has 0 saturated carbocycles. The number of aromatic nitrogens is 2. The molecule has 8 heteroatoms. The van der Waals surface area contributed by atoms with E-state index >= 15 is 0 Å². The lowest BCUT2D eigenvalue weighted by Gasteiger charge is -2.55. The molecule has 0 aliphatic carbocycles. The van der Waals surface area contributed by atoms with Gasteiger partial charge in [-0.2, -0.15) is 0 Å². The zero-order valence-electron chi connectivity index (χ0n) is 17.3. The SMILES string of the molecule is Nc1nnc(-c2ccccc2O)cc1N1CCOC2(CN(CC3CCNCC3)C2)C1. The lowest BCUT2D eigenvalue weighted by Crippen LogP contribution is -2.70. The van der Waals surface area contributed by atoms with Crippen LogP contribution < -0.4 is 16.0 Å². The molecule has 0 amide bonds. The summed E-state index contributed by atoms with van der Waals surface area (Å²) in [7, 11) is 0. The summed E-state index contributed by atoms with van der Waals surface area (Å²) in [6, 6.07) is 9.10.